The van der Waals surface area contributed by atoms with Crippen molar-refractivity contribution < 1.29 is 13.6 Å². The molecule has 3 aromatic rings. The predicted octanol–water partition coefficient (Wildman–Crippen LogP) is 3.22. The number of nitrogens with one attached hydrogen (secondary N) is 2. The van der Waals surface area contributed by atoms with E-state index in [1.54, 1.807) is 18.2 Å². The number of anilines is 1. The van der Waals surface area contributed by atoms with Crippen LogP contribution < -0.4 is 5.32 Å². The van der Waals surface area contributed by atoms with Crippen molar-refractivity contribution in [3.05, 3.63) is 52.6 Å². The zero-order valence-corrected chi connectivity index (χ0v) is 12.0. The van der Waals surface area contributed by atoms with Crippen molar-refractivity contribution >= 4 is 27.8 Å². The van der Waals surface area contributed by atoms with Crippen LogP contribution >= 0.6 is 15.9 Å². The molecule has 2 aromatic heterocycles. The van der Waals surface area contributed by atoms with E-state index in [9.17, 15) is 9.18 Å². The lowest BCUT2D eigenvalue weighted by molar-refractivity contribution is 0.0994. The van der Waals surface area contributed by atoms with Crippen molar-refractivity contribution in [2.24, 2.45) is 0 Å². The van der Waals surface area contributed by atoms with Crippen LogP contribution in [0.15, 0.2) is 45.5 Å². The Kier molecular flexibility index (Phi) is 3.53. The number of nitrogens with zero attached hydrogens (tertiary/aromatic N) is 2. The fourth-order valence-corrected chi connectivity index (χ4v) is 1.96. The first kappa shape index (κ1) is 13.5. The molecular formula is C13H8BrFN4O2. The Hall–Kier alpha value is -2.48. The molecule has 6 nitrogen and oxygen atoms in total. The highest BCUT2D eigenvalue weighted by Crippen LogP contribution is 2.18. The Morgan fingerprint density at radius 2 is 2.00 bits per heavy atom. The Morgan fingerprint density at radius 1 is 1.24 bits per heavy atom. The summed E-state index contributed by atoms with van der Waals surface area (Å²) < 4.78 is 18.4. The highest BCUT2D eigenvalue weighted by atomic mass is 79.9. The molecule has 0 bridgehead atoms. The highest BCUT2D eigenvalue weighted by Gasteiger charge is 2.13. The van der Waals surface area contributed by atoms with E-state index in [1.807, 2.05) is 0 Å². The molecule has 0 radical (unpaired) electrons. The van der Waals surface area contributed by atoms with Crippen LogP contribution in [0.25, 0.3) is 11.4 Å². The Morgan fingerprint density at radius 3 is 2.67 bits per heavy atom. The zero-order valence-electron chi connectivity index (χ0n) is 10.4. The van der Waals surface area contributed by atoms with Crippen LogP contribution in [0.4, 0.5) is 10.3 Å². The number of aromatic nitrogens is 3. The van der Waals surface area contributed by atoms with Crippen molar-refractivity contribution in [2.75, 3.05) is 5.32 Å². The van der Waals surface area contributed by atoms with Gasteiger partial charge in [-0.2, -0.15) is 4.98 Å². The van der Waals surface area contributed by atoms with E-state index in [0.717, 1.165) is 0 Å². The summed E-state index contributed by atoms with van der Waals surface area (Å²) in [7, 11) is 0. The third-order valence-electron chi connectivity index (χ3n) is 2.63. The molecule has 0 spiro atoms. The van der Waals surface area contributed by atoms with Gasteiger partial charge in [0.25, 0.3) is 5.91 Å². The average Bonchev–Trinajstić information content (AvgIpc) is 3.09. The lowest BCUT2D eigenvalue weighted by atomic mass is 10.2. The summed E-state index contributed by atoms with van der Waals surface area (Å²) in [4.78, 5) is 16.0. The molecule has 0 saturated heterocycles. The van der Waals surface area contributed by atoms with E-state index < -0.39 is 5.91 Å². The predicted molar refractivity (Wildman–Crippen MR) is 76.1 cm³/mol. The smallest absolute Gasteiger partial charge is 0.293 e. The maximum absolute atomic E-state index is 12.9. The van der Waals surface area contributed by atoms with Crippen LogP contribution in [-0.4, -0.2) is 21.1 Å². The first-order valence-electron chi connectivity index (χ1n) is 5.87. The highest BCUT2D eigenvalue weighted by molar-refractivity contribution is 9.10. The van der Waals surface area contributed by atoms with Gasteiger partial charge in [-0.15, -0.1) is 5.10 Å². The van der Waals surface area contributed by atoms with Gasteiger partial charge in [-0.3, -0.25) is 15.2 Å². The molecule has 1 aromatic carbocycles. The van der Waals surface area contributed by atoms with Crippen molar-refractivity contribution in [3.8, 4) is 11.4 Å². The minimum absolute atomic E-state index is 0.104. The van der Waals surface area contributed by atoms with Gasteiger partial charge in [0.15, 0.2) is 16.3 Å². The number of hydrogen-bond acceptors (Lipinski definition) is 4. The van der Waals surface area contributed by atoms with Gasteiger partial charge >= 0.3 is 0 Å². The SMILES string of the molecule is O=C(Nc1n[nH]c(-c2ccc(F)cc2)n1)c1ccc(Br)o1. The molecule has 0 aliphatic heterocycles. The van der Waals surface area contributed by atoms with Crippen LogP contribution in [0.3, 0.4) is 0 Å². The van der Waals surface area contributed by atoms with Gasteiger partial charge in [-0.05, 0) is 52.3 Å². The van der Waals surface area contributed by atoms with E-state index in [4.69, 9.17) is 4.42 Å². The molecule has 3 rings (SSSR count). The molecule has 0 saturated carbocycles. The molecule has 2 heterocycles. The Balaban J connectivity index is 1.76. The second-order valence-corrected chi connectivity index (χ2v) is 4.85. The fraction of sp³-hybridized carbons (Fsp3) is 0. The zero-order chi connectivity index (χ0) is 14.8. The summed E-state index contributed by atoms with van der Waals surface area (Å²) in [6.07, 6.45) is 0. The summed E-state index contributed by atoms with van der Waals surface area (Å²) in [5.41, 5.74) is 0.658. The van der Waals surface area contributed by atoms with Crippen molar-refractivity contribution in [2.45, 2.75) is 0 Å². The standard InChI is InChI=1S/C13H8BrFN4O2/c14-10-6-5-9(21-10)12(20)17-13-16-11(18-19-13)7-1-3-8(15)4-2-7/h1-6H,(H2,16,17,18,19,20). The number of carbonyl (C=O) groups is 1. The lowest BCUT2D eigenvalue weighted by Crippen LogP contribution is -2.11. The minimum atomic E-state index is -0.467. The number of H-pyrrole nitrogens is 1. The van der Waals surface area contributed by atoms with Crippen molar-refractivity contribution in [1.29, 1.82) is 0 Å². The Bertz CT molecular complexity index is 782. The first-order valence-corrected chi connectivity index (χ1v) is 6.66. The monoisotopic (exact) mass is 350 g/mol. The topological polar surface area (TPSA) is 83.8 Å². The number of hydrogen-bond donors (Lipinski definition) is 2. The first-order chi connectivity index (χ1) is 10.1. The summed E-state index contributed by atoms with van der Waals surface area (Å²) in [5.74, 6) is -0.145. The van der Waals surface area contributed by atoms with Crippen LogP contribution in [-0.2, 0) is 0 Å². The van der Waals surface area contributed by atoms with Crippen molar-refractivity contribution in [1.82, 2.24) is 15.2 Å². The molecule has 8 heteroatoms. The van der Waals surface area contributed by atoms with Gasteiger partial charge in [0.1, 0.15) is 5.82 Å². The quantitative estimate of drug-likeness (QED) is 0.759. The number of carbonyl (C=O) groups excluding carboxylic acids is 1. The van der Waals surface area contributed by atoms with Gasteiger partial charge in [-0.1, -0.05) is 0 Å². The second-order valence-electron chi connectivity index (χ2n) is 4.07. The molecule has 0 unspecified atom stereocenters. The summed E-state index contributed by atoms with van der Waals surface area (Å²) in [6.45, 7) is 0. The maximum atomic E-state index is 12.9. The largest absolute Gasteiger partial charge is 0.444 e. The van der Waals surface area contributed by atoms with Crippen molar-refractivity contribution in [3.63, 3.8) is 0 Å². The van der Waals surface area contributed by atoms with Gasteiger partial charge in [-0.25, -0.2) is 4.39 Å². The van der Waals surface area contributed by atoms with Gasteiger partial charge in [0, 0.05) is 5.56 Å². The molecule has 106 valence electrons. The molecule has 0 aliphatic rings. The van der Waals surface area contributed by atoms with E-state index >= 15 is 0 Å². The average molecular weight is 351 g/mol. The van der Waals surface area contributed by atoms with Crippen LogP contribution in [0.1, 0.15) is 10.6 Å². The molecule has 2 N–H and O–H groups in total. The molecule has 0 fully saturated rings. The fourth-order valence-electron chi connectivity index (χ4n) is 1.65. The summed E-state index contributed by atoms with van der Waals surface area (Å²) in [6, 6.07) is 8.88. The molecular weight excluding hydrogens is 343 g/mol. The maximum Gasteiger partial charge on any atom is 0.293 e. The lowest BCUT2D eigenvalue weighted by Gasteiger charge is -1.96. The number of furan rings is 1. The molecule has 1 amide bonds. The number of rotatable bonds is 3. The number of halogens is 2. The molecule has 21 heavy (non-hydrogen) atoms. The van der Waals surface area contributed by atoms with Crippen LogP contribution in [0.2, 0.25) is 0 Å². The second kappa shape index (κ2) is 5.49. The molecule has 0 atom stereocenters. The summed E-state index contributed by atoms with van der Waals surface area (Å²) in [5, 5.41) is 9.03. The van der Waals surface area contributed by atoms with Crippen LogP contribution in [0.5, 0.6) is 0 Å². The van der Waals surface area contributed by atoms with E-state index in [0.29, 0.717) is 16.1 Å². The third-order valence-corrected chi connectivity index (χ3v) is 3.05. The van der Waals surface area contributed by atoms with Gasteiger partial charge in [0.05, 0.1) is 0 Å². The summed E-state index contributed by atoms with van der Waals surface area (Å²) >= 11 is 3.11. The normalized spacial score (nSPS) is 10.6. The number of aromatic amines is 1. The van der Waals surface area contributed by atoms with E-state index in [-0.39, 0.29) is 17.5 Å². The number of amides is 1. The molecule has 0 aliphatic carbocycles. The number of benzene rings is 1. The Labute approximate surface area is 126 Å². The third kappa shape index (κ3) is 3.00. The van der Waals surface area contributed by atoms with Gasteiger partial charge < -0.3 is 4.42 Å². The van der Waals surface area contributed by atoms with Gasteiger partial charge in [0.2, 0.25) is 5.95 Å². The van der Waals surface area contributed by atoms with E-state index in [2.05, 4.69) is 36.4 Å². The van der Waals surface area contributed by atoms with E-state index in [1.165, 1.54) is 18.2 Å². The minimum Gasteiger partial charge on any atom is -0.444 e. The van der Waals surface area contributed by atoms with Crippen LogP contribution in [0, 0.1) is 5.82 Å².